The Morgan fingerprint density at radius 3 is 2.93 bits per heavy atom. The molecular weight excluding hydrogens is 190 g/mol. The number of nitrogens with zero attached hydrogens (tertiary/aromatic N) is 3. The maximum atomic E-state index is 9.03. The van der Waals surface area contributed by atoms with Gasteiger partial charge in [0.05, 0.1) is 18.1 Å². The van der Waals surface area contributed by atoms with Gasteiger partial charge in [-0.2, -0.15) is 0 Å². The summed E-state index contributed by atoms with van der Waals surface area (Å²) in [5.41, 5.74) is 0.896. The highest BCUT2D eigenvalue weighted by Crippen LogP contribution is 2.24. The molecule has 0 saturated heterocycles. The van der Waals surface area contributed by atoms with E-state index in [9.17, 15) is 0 Å². The van der Waals surface area contributed by atoms with Crippen molar-refractivity contribution in [3.8, 4) is 0 Å². The fourth-order valence-electron chi connectivity index (χ4n) is 2.22. The molecule has 1 aromatic rings. The molecule has 1 aliphatic carbocycles. The van der Waals surface area contributed by atoms with Crippen molar-refractivity contribution in [3.05, 3.63) is 18.7 Å². The summed E-state index contributed by atoms with van der Waals surface area (Å²) in [6.07, 6.45) is 12.3. The van der Waals surface area contributed by atoms with Gasteiger partial charge in [-0.3, -0.25) is 0 Å². The molecule has 0 unspecified atom stereocenters. The average molecular weight is 207 g/mol. The Balaban J connectivity index is 2.17. The van der Waals surface area contributed by atoms with E-state index in [4.69, 9.17) is 5.21 Å². The van der Waals surface area contributed by atoms with Gasteiger partial charge in [0, 0.05) is 12.4 Å². The lowest BCUT2D eigenvalue weighted by Crippen LogP contribution is -2.20. The molecule has 1 fully saturated rings. The van der Waals surface area contributed by atoms with Crippen molar-refractivity contribution < 1.29 is 5.21 Å². The third kappa shape index (κ3) is 2.37. The summed E-state index contributed by atoms with van der Waals surface area (Å²) < 4.78 is 2.04. The maximum Gasteiger partial charge on any atom is 0.0952 e. The van der Waals surface area contributed by atoms with Crippen LogP contribution in [0.4, 0.5) is 0 Å². The molecule has 0 aliphatic heterocycles. The Morgan fingerprint density at radius 2 is 2.20 bits per heavy atom. The smallest absolute Gasteiger partial charge is 0.0952 e. The van der Waals surface area contributed by atoms with Crippen molar-refractivity contribution in [3.63, 3.8) is 0 Å². The topological polar surface area (TPSA) is 50.4 Å². The van der Waals surface area contributed by atoms with Crippen LogP contribution in [0.15, 0.2) is 23.9 Å². The third-order valence-electron chi connectivity index (χ3n) is 3.06. The summed E-state index contributed by atoms with van der Waals surface area (Å²) >= 11 is 0. The van der Waals surface area contributed by atoms with Crippen molar-refractivity contribution in [1.29, 1.82) is 0 Å². The predicted octanol–water partition coefficient (Wildman–Crippen LogP) is 2.61. The highest BCUT2D eigenvalue weighted by molar-refractivity contribution is 5.87. The van der Waals surface area contributed by atoms with Crippen LogP contribution in [0.1, 0.15) is 44.6 Å². The van der Waals surface area contributed by atoms with E-state index in [-0.39, 0.29) is 6.04 Å². The zero-order valence-electron chi connectivity index (χ0n) is 8.84. The first-order valence-corrected chi connectivity index (χ1v) is 5.60. The fourth-order valence-corrected chi connectivity index (χ4v) is 2.22. The first kappa shape index (κ1) is 10.2. The van der Waals surface area contributed by atoms with Gasteiger partial charge in [-0.25, -0.2) is 4.98 Å². The molecule has 4 nitrogen and oxygen atoms in total. The van der Waals surface area contributed by atoms with Crippen LogP contribution in [0.2, 0.25) is 0 Å². The minimum absolute atomic E-state index is 0.206. The highest BCUT2D eigenvalue weighted by atomic mass is 16.4. The second-order valence-electron chi connectivity index (χ2n) is 4.07. The monoisotopic (exact) mass is 207 g/mol. The molecule has 1 N–H and O–H groups in total. The van der Waals surface area contributed by atoms with Crippen molar-refractivity contribution in [2.75, 3.05) is 0 Å². The molecule has 1 aromatic heterocycles. The lowest BCUT2D eigenvalue weighted by atomic mass is 9.95. The minimum Gasteiger partial charge on any atom is -0.411 e. The molecule has 0 amide bonds. The zero-order chi connectivity index (χ0) is 10.5. The summed E-state index contributed by atoms with van der Waals surface area (Å²) in [6, 6.07) is 0.206. The molecule has 1 atom stereocenters. The summed E-state index contributed by atoms with van der Waals surface area (Å²) in [7, 11) is 0. The first-order chi connectivity index (χ1) is 7.42. The van der Waals surface area contributed by atoms with Gasteiger partial charge in [0.15, 0.2) is 0 Å². The molecule has 0 radical (unpaired) electrons. The van der Waals surface area contributed by atoms with E-state index in [1.54, 1.807) is 12.5 Å². The van der Waals surface area contributed by atoms with Gasteiger partial charge in [0.25, 0.3) is 0 Å². The van der Waals surface area contributed by atoms with Crippen LogP contribution in [0, 0.1) is 0 Å². The molecule has 0 bridgehead atoms. The Labute approximate surface area is 89.6 Å². The van der Waals surface area contributed by atoms with Crippen molar-refractivity contribution in [2.24, 2.45) is 5.16 Å². The van der Waals surface area contributed by atoms with Crippen LogP contribution in [-0.2, 0) is 0 Å². The van der Waals surface area contributed by atoms with Crippen LogP contribution in [0.5, 0.6) is 0 Å². The summed E-state index contributed by atoms with van der Waals surface area (Å²) in [5, 5.41) is 12.5. The Kier molecular flexibility index (Phi) is 3.37. The maximum absolute atomic E-state index is 9.03. The molecular formula is C11H17N3O. The van der Waals surface area contributed by atoms with Gasteiger partial charge in [-0.05, 0) is 19.3 Å². The quantitative estimate of drug-likeness (QED) is 0.568. The van der Waals surface area contributed by atoms with Gasteiger partial charge >= 0.3 is 0 Å². The van der Waals surface area contributed by atoms with Crippen LogP contribution in [0.3, 0.4) is 0 Å². The van der Waals surface area contributed by atoms with Gasteiger partial charge in [0.1, 0.15) is 0 Å². The summed E-state index contributed by atoms with van der Waals surface area (Å²) in [6.45, 7) is 0. The van der Waals surface area contributed by atoms with E-state index < -0.39 is 0 Å². The van der Waals surface area contributed by atoms with E-state index in [2.05, 4.69) is 10.1 Å². The van der Waals surface area contributed by atoms with E-state index in [0.29, 0.717) is 0 Å². The van der Waals surface area contributed by atoms with Crippen molar-refractivity contribution in [2.45, 2.75) is 44.6 Å². The predicted molar refractivity (Wildman–Crippen MR) is 58.2 cm³/mol. The molecule has 1 saturated carbocycles. The van der Waals surface area contributed by atoms with E-state index >= 15 is 0 Å². The normalized spacial score (nSPS) is 26.1. The zero-order valence-corrected chi connectivity index (χ0v) is 8.84. The molecule has 0 aromatic carbocycles. The largest absolute Gasteiger partial charge is 0.411 e. The van der Waals surface area contributed by atoms with Crippen LogP contribution >= 0.6 is 0 Å². The molecule has 0 spiro atoms. The summed E-state index contributed by atoms with van der Waals surface area (Å²) in [5.74, 6) is 0. The Morgan fingerprint density at radius 1 is 1.33 bits per heavy atom. The fraction of sp³-hybridized carbons (Fsp3) is 0.636. The SMILES string of the molecule is O/N=C1/CCCCCC[C@@H]1n1ccnc1. The van der Waals surface area contributed by atoms with Gasteiger partial charge in [-0.15, -0.1) is 0 Å². The van der Waals surface area contributed by atoms with E-state index in [1.165, 1.54) is 19.3 Å². The van der Waals surface area contributed by atoms with Gasteiger partial charge in [-0.1, -0.05) is 24.4 Å². The summed E-state index contributed by atoms with van der Waals surface area (Å²) in [4.78, 5) is 4.05. The molecule has 15 heavy (non-hydrogen) atoms. The Hall–Kier alpha value is -1.32. The van der Waals surface area contributed by atoms with Gasteiger partial charge in [0.2, 0.25) is 0 Å². The third-order valence-corrected chi connectivity index (χ3v) is 3.06. The molecule has 2 rings (SSSR count). The van der Waals surface area contributed by atoms with Crippen LogP contribution in [-0.4, -0.2) is 20.5 Å². The standard InChI is InChI=1S/C11H17N3O/c15-13-10-5-3-1-2-4-6-11(10)14-8-7-12-9-14/h7-9,11,15H,1-6H2/b13-10-/t11-/m0/s1. The number of aromatic nitrogens is 2. The van der Waals surface area contributed by atoms with Crippen molar-refractivity contribution >= 4 is 5.71 Å². The molecule has 4 heteroatoms. The van der Waals surface area contributed by atoms with Crippen molar-refractivity contribution in [1.82, 2.24) is 9.55 Å². The molecule has 1 heterocycles. The minimum atomic E-state index is 0.206. The number of imidazole rings is 1. The lowest BCUT2D eigenvalue weighted by Gasteiger charge is -2.21. The molecule has 1 aliphatic rings. The highest BCUT2D eigenvalue weighted by Gasteiger charge is 2.19. The lowest BCUT2D eigenvalue weighted by molar-refractivity contribution is 0.310. The second kappa shape index (κ2) is 4.96. The Bertz CT molecular complexity index is 319. The van der Waals surface area contributed by atoms with Gasteiger partial charge < -0.3 is 9.77 Å². The average Bonchev–Trinajstić information content (AvgIpc) is 2.71. The molecule has 82 valence electrons. The van der Waals surface area contributed by atoms with E-state index in [0.717, 1.165) is 25.0 Å². The number of hydrogen-bond donors (Lipinski definition) is 1. The van der Waals surface area contributed by atoms with E-state index in [1.807, 2.05) is 10.8 Å². The number of rotatable bonds is 1. The number of oxime groups is 1. The first-order valence-electron chi connectivity index (χ1n) is 5.60. The second-order valence-corrected chi connectivity index (χ2v) is 4.07. The van der Waals surface area contributed by atoms with Crippen LogP contribution in [0.25, 0.3) is 0 Å². The number of hydrogen-bond acceptors (Lipinski definition) is 3. The van der Waals surface area contributed by atoms with Crippen LogP contribution < -0.4 is 0 Å².